The molecule has 0 radical (unpaired) electrons. The number of ketones is 1. The summed E-state index contributed by atoms with van der Waals surface area (Å²) in [5.74, 6) is -0.0346. The van der Waals surface area contributed by atoms with Crippen molar-refractivity contribution in [1.29, 1.82) is 0 Å². The number of Topliss-reactive ketones (excluding diaryl/α,β-unsaturated/α-hetero) is 1. The maximum Gasteiger partial charge on any atom is 0.408 e. The third-order valence-corrected chi connectivity index (χ3v) is 4.54. The molecule has 0 bridgehead atoms. The maximum absolute atomic E-state index is 11.7. The van der Waals surface area contributed by atoms with Crippen LogP contribution in [0.3, 0.4) is 0 Å². The Morgan fingerprint density at radius 3 is 1.82 bits per heavy atom. The molecule has 1 heterocycles. The second kappa shape index (κ2) is 15.7. The number of rotatable bonds is 6. The third-order valence-electron chi connectivity index (χ3n) is 4.54. The molecule has 1 amide bonds. The highest BCUT2D eigenvalue weighted by Crippen LogP contribution is 2.08. The number of nitrogens with one attached hydrogen (secondary N) is 1. The topological polar surface area (TPSA) is 143 Å². The lowest BCUT2D eigenvalue weighted by atomic mass is 10.1. The van der Waals surface area contributed by atoms with Gasteiger partial charge in [0.1, 0.15) is 5.60 Å². The first-order valence-corrected chi connectivity index (χ1v) is 11.5. The Morgan fingerprint density at radius 2 is 1.41 bits per heavy atom. The van der Waals surface area contributed by atoms with Crippen molar-refractivity contribution in [1.82, 2.24) is 5.32 Å². The average Bonchev–Trinajstić information content (AvgIpc) is 3.37. The van der Waals surface area contributed by atoms with Crippen molar-refractivity contribution in [2.75, 3.05) is 31.2 Å². The van der Waals surface area contributed by atoms with E-state index in [0.29, 0.717) is 25.1 Å². The lowest BCUT2D eigenvalue weighted by Gasteiger charge is -2.19. The van der Waals surface area contributed by atoms with Gasteiger partial charge in [0.05, 0.1) is 6.54 Å². The second-order valence-corrected chi connectivity index (χ2v) is 8.90. The number of nitrogens with two attached hydrogens (primary N) is 3. The second-order valence-electron chi connectivity index (χ2n) is 8.90. The minimum atomic E-state index is -0.571. The molecule has 8 nitrogen and oxygen atoms in total. The van der Waals surface area contributed by atoms with Crippen LogP contribution < -0.4 is 22.5 Å². The van der Waals surface area contributed by atoms with Crippen LogP contribution in [0.2, 0.25) is 0 Å². The Bertz CT molecular complexity index is 835. The largest absolute Gasteiger partial charge is 0.444 e. The summed E-state index contributed by atoms with van der Waals surface area (Å²) in [5, 5.41) is 2.45. The zero-order valence-electron chi connectivity index (χ0n) is 20.6. The molecule has 1 aliphatic rings. The third kappa shape index (κ3) is 14.9. The standard InChI is InChI=1S/C15H22N2O3.C7H10N2.C4H8O/c1-15(2,3)20-14(19)17-10-13(18)9-6-11-4-7-12(16)8-5-11;8-5-6-1-3-7(9)4-2-6;1-2-4-5-3-1/h4-5,7-8H,6,9-10,16H2,1-3H3,(H,17,19);1-4H,5,8-9H2;1-4H2. The normalized spacial score (nSPS) is 12.5. The smallest absolute Gasteiger partial charge is 0.408 e. The van der Waals surface area contributed by atoms with Crippen LogP contribution in [0, 0.1) is 0 Å². The molecule has 2 aromatic rings. The van der Waals surface area contributed by atoms with Crippen molar-refractivity contribution >= 4 is 23.3 Å². The van der Waals surface area contributed by atoms with Gasteiger partial charge in [-0.15, -0.1) is 0 Å². The van der Waals surface area contributed by atoms with E-state index in [0.717, 1.165) is 30.0 Å². The van der Waals surface area contributed by atoms with Gasteiger partial charge in [0.2, 0.25) is 0 Å². The fourth-order valence-electron chi connectivity index (χ4n) is 2.71. The van der Waals surface area contributed by atoms with E-state index >= 15 is 0 Å². The molecule has 1 fully saturated rings. The average molecular weight is 473 g/mol. The fraction of sp³-hybridized carbons (Fsp3) is 0.462. The van der Waals surface area contributed by atoms with Crippen LogP contribution in [0.4, 0.5) is 16.2 Å². The first-order chi connectivity index (χ1) is 16.1. The van der Waals surface area contributed by atoms with Crippen LogP contribution >= 0.6 is 0 Å². The molecule has 1 saturated heterocycles. The van der Waals surface area contributed by atoms with Gasteiger partial charge in [0.25, 0.3) is 0 Å². The molecule has 0 atom stereocenters. The number of anilines is 2. The number of carbonyl (C=O) groups excluding carboxylic acids is 2. The van der Waals surface area contributed by atoms with Gasteiger partial charge in [-0.25, -0.2) is 4.79 Å². The molecular formula is C26H40N4O4. The van der Waals surface area contributed by atoms with Crippen LogP contribution in [-0.2, 0) is 27.2 Å². The molecule has 0 saturated carbocycles. The highest BCUT2D eigenvalue weighted by Gasteiger charge is 2.16. The minimum absolute atomic E-state index is 0.0100. The van der Waals surface area contributed by atoms with Crippen molar-refractivity contribution in [2.45, 2.75) is 58.6 Å². The highest BCUT2D eigenvalue weighted by atomic mass is 16.6. The first-order valence-electron chi connectivity index (χ1n) is 11.5. The van der Waals surface area contributed by atoms with Crippen LogP contribution in [0.5, 0.6) is 0 Å². The molecule has 188 valence electrons. The lowest BCUT2D eigenvalue weighted by molar-refractivity contribution is -0.118. The molecule has 7 N–H and O–H groups in total. The summed E-state index contributed by atoms with van der Waals surface area (Å²) >= 11 is 0. The van der Waals surface area contributed by atoms with Gasteiger partial charge >= 0.3 is 6.09 Å². The van der Waals surface area contributed by atoms with Crippen molar-refractivity contribution in [2.24, 2.45) is 5.73 Å². The summed E-state index contributed by atoms with van der Waals surface area (Å²) < 4.78 is 9.99. The first kappa shape index (κ1) is 28.9. The van der Waals surface area contributed by atoms with E-state index in [9.17, 15) is 9.59 Å². The molecular weight excluding hydrogens is 432 g/mol. The molecule has 3 rings (SSSR count). The Balaban J connectivity index is 0.000000333. The molecule has 8 heteroatoms. The fourth-order valence-corrected chi connectivity index (χ4v) is 2.71. The number of hydrogen-bond acceptors (Lipinski definition) is 7. The molecule has 2 aromatic carbocycles. The van der Waals surface area contributed by atoms with E-state index < -0.39 is 11.7 Å². The Kier molecular flexibility index (Phi) is 13.3. The van der Waals surface area contributed by atoms with E-state index in [1.807, 2.05) is 36.4 Å². The monoisotopic (exact) mass is 472 g/mol. The summed E-state index contributed by atoms with van der Waals surface area (Å²) in [7, 11) is 0. The van der Waals surface area contributed by atoms with Gasteiger partial charge in [0.15, 0.2) is 5.78 Å². The number of alkyl carbamates (subject to hydrolysis) is 1. The van der Waals surface area contributed by atoms with Crippen molar-refractivity contribution in [3.05, 3.63) is 59.7 Å². The molecule has 0 aliphatic carbocycles. The summed E-state index contributed by atoms with van der Waals surface area (Å²) in [6.07, 6.45) is 2.99. The van der Waals surface area contributed by atoms with Gasteiger partial charge in [-0.2, -0.15) is 0 Å². The summed E-state index contributed by atoms with van der Waals surface area (Å²) in [5.41, 5.74) is 19.5. The lowest BCUT2D eigenvalue weighted by Crippen LogP contribution is -2.35. The van der Waals surface area contributed by atoms with Crippen molar-refractivity contribution in [3.8, 4) is 0 Å². The number of carbonyl (C=O) groups is 2. The zero-order valence-corrected chi connectivity index (χ0v) is 20.6. The molecule has 0 unspecified atom stereocenters. The SMILES string of the molecule is C1CCOC1.CC(C)(C)OC(=O)NCC(=O)CCc1ccc(N)cc1.NCc1ccc(N)cc1. The predicted molar refractivity (Wildman–Crippen MR) is 137 cm³/mol. The molecule has 34 heavy (non-hydrogen) atoms. The summed E-state index contributed by atoms with van der Waals surface area (Å²) in [6.45, 7) is 7.89. The summed E-state index contributed by atoms with van der Waals surface area (Å²) in [6, 6.07) is 14.9. The van der Waals surface area contributed by atoms with Crippen molar-refractivity contribution < 1.29 is 19.1 Å². The predicted octanol–water partition coefficient (Wildman–Crippen LogP) is 3.82. The van der Waals surface area contributed by atoms with E-state index in [-0.39, 0.29) is 12.3 Å². The highest BCUT2D eigenvalue weighted by molar-refractivity contribution is 5.84. The number of amides is 1. The van der Waals surface area contributed by atoms with Crippen LogP contribution in [-0.4, -0.2) is 37.2 Å². The van der Waals surface area contributed by atoms with Gasteiger partial charge in [-0.3, -0.25) is 4.79 Å². The van der Waals surface area contributed by atoms with Gasteiger partial charge < -0.3 is 32.0 Å². The molecule has 1 aliphatic heterocycles. The zero-order chi connectivity index (χ0) is 25.4. The van der Waals surface area contributed by atoms with Crippen LogP contribution in [0.1, 0.15) is 51.2 Å². The maximum atomic E-state index is 11.7. The van der Waals surface area contributed by atoms with Crippen molar-refractivity contribution in [3.63, 3.8) is 0 Å². The Hall–Kier alpha value is -3.10. The number of hydrogen-bond donors (Lipinski definition) is 4. The Morgan fingerprint density at radius 1 is 0.912 bits per heavy atom. The van der Waals surface area contributed by atoms with Gasteiger partial charge in [0, 0.05) is 37.6 Å². The van der Waals surface area contributed by atoms with E-state index in [2.05, 4.69) is 5.32 Å². The van der Waals surface area contributed by atoms with E-state index in [1.54, 1.807) is 32.9 Å². The number of aryl methyl sites for hydroxylation is 1. The summed E-state index contributed by atoms with van der Waals surface area (Å²) in [4.78, 5) is 23.0. The molecule has 0 aromatic heterocycles. The minimum Gasteiger partial charge on any atom is -0.444 e. The van der Waals surface area contributed by atoms with Crippen LogP contribution in [0.25, 0.3) is 0 Å². The number of nitrogen functional groups attached to an aromatic ring is 2. The quantitative estimate of drug-likeness (QED) is 0.468. The van der Waals surface area contributed by atoms with Crippen LogP contribution in [0.15, 0.2) is 48.5 Å². The number of benzene rings is 2. The van der Waals surface area contributed by atoms with Gasteiger partial charge in [-0.05, 0) is 75.4 Å². The van der Waals surface area contributed by atoms with Gasteiger partial charge in [-0.1, -0.05) is 24.3 Å². The molecule has 0 spiro atoms. The van der Waals surface area contributed by atoms with E-state index in [4.69, 9.17) is 26.7 Å². The van der Waals surface area contributed by atoms with E-state index in [1.165, 1.54) is 12.8 Å². The number of ether oxygens (including phenoxy) is 2. The Labute approximate surface area is 203 Å².